The summed E-state index contributed by atoms with van der Waals surface area (Å²) in [6.07, 6.45) is -1.04. The topological polar surface area (TPSA) is 76.0 Å². The van der Waals surface area contributed by atoms with Crippen molar-refractivity contribution in [3.63, 3.8) is 0 Å². The van der Waals surface area contributed by atoms with E-state index in [2.05, 4.69) is 4.74 Å². The largest absolute Gasteiger partial charge is 0.511 e. The Labute approximate surface area is 68.9 Å². The summed E-state index contributed by atoms with van der Waals surface area (Å²) in [7, 11) is 0. The highest BCUT2D eigenvalue weighted by Crippen LogP contribution is 2.36. The number of fused-ring (bicyclic) bond motifs is 1. The van der Waals surface area contributed by atoms with Gasteiger partial charge in [-0.05, 0) is 12.8 Å². The lowest BCUT2D eigenvalue weighted by Gasteiger charge is -2.31. The molecule has 0 spiro atoms. The fourth-order valence-corrected chi connectivity index (χ4v) is 1.68. The van der Waals surface area contributed by atoms with Crippen LogP contribution >= 0.6 is 0 Å². The molecule has 5 heteroatoms. The predicted molar refractivity (Wildman–Crippen MR) is 36.2 cm³/mol. The Hall–Kier alpha value is -0.810. The van der Waals surface area contributed by atoms with Crippen LogP contribution in [-0.2, 0) is 9.47 Å². The molecule has 0 bridgehead atoms. The van der Waals surface area contributed by atoms with E-state index in [1.807, 2.05) is 0 Å². The molecule has 3 atom stereocenters. The number of aliphatic hydroxyl groups excluding tert-OH is 1. The fourth-order valence-electron chi connectivity index (χ4n) is 1.68. The molecule has 2 rings (SSSR count). The van der Waals surface area contributed by atoms with Crippen molar-refractivity contribution in [3.8, 4) is 0 Å². The lowest BCUT2D eigenvalue weighted by molar-refractivity contribution is -0.198. The summed E-state index contributed by atoms with van der Waals surface area (Å²) in [6, 6.07) is 0. The zero-order valence-electron chi connectivity index (χ0n) is 6.40. The van der Waals surface area contributed by atoms with Gasteiger partial charge in [0.2, 0.25) is 0 Å². The summed E-state index contributed by atoms with van der Waals surface area (Å²) in [5.74, 6) is -1.59. The first-order valence-corrected chi connectivity index (χ1v) is 3.90. The zero-order chi connectivity index (χ0) is 8.77. The van der Waals surface area contributed by atoms with Gasteiger partial charge in [-0.25, -0.2) is 4.79 Å². The molecule has 1 saturated carbocycles. The normalized spacial score (nSPS) is 46.3. The highest BCUT2D eigenvalue weighted by Gasteiger charge is 2.53. The van der Waals surface area contributed by atoms with Crippen LogP contribution in [0.3, 0.4) is 0 Å². The monoisotopic (exact) mass is 174 g/mol. The highest BCUT2D eigenvalue weighted by molar-refractivity contribution is 5.63. The SMILES string of the molecule is O=C1OC2CCC(O)CC2(O)O1. The van der Waals surface area contributed by atoms with E-state index in [0.717, 1.165) is 0 Å². The highest BCUT2D eigenvalue weighted by atomic mass is 16.8. The van der Waals surface area contributed by atoms with Crippen LogP contribution in [0.1, 0.15) is 19.3 Å². The van der Waals surface area contributed by atoms with Crippen molar-refractivity contribution in [2.24, 2.45) is 0 Å². The fraction of sp³-hybridized carbons (Fsp3) is 0.857. The number of aliphatic hydroxyl groups is 2. The Morgan fingerprint density at radius 2 is 2.25 bits per heavy atom. The molecule has 1 saturated heterocycles. The van der Waals surface area contributed by atoms with Gasteiger partial charge in [-0.3, -0.25) is 0 Å². The minimum absolute atomic E-state index is 0.0450. The van der Waals surface area contributed by atoms with Gasteiger partial charge in [0.25, 0.3) is 5.79 Å². The van der Waals surface area contributed by atoms with E-state index in [1.54, 1.807) is 0 Å². The maximum atomic E-state index is 10.6. The van der Waals surface area contributed by atoms with Crippen LogP contribution in [0.25, 0.3) is 0 Å². The molecule has 0 aromatic heterocycles. The van der Waals surface area contributed by atoms with Crippen LogP contribution in [0.2, 0.25) is 0 Å². The molecule has 5 nitrogen and oxygen atoms in total. The lowest BCUT2D eigenvalue weighted by atomic mass is 9.89. The van der Waals surface area contributed by atoms with E-state index in [0.29, 0.717) is 12.8 Å². The second kappa shape index (κ2) is 2.34. The molecule has 2 aliphatic rings. The van der Waals surface area contributed by atoms with E-state index in [9.17, 15) is 15.0 Å². The summed E-state index contributed by atoms with van der Waals surface area (Å²) in [4.78, 5) is 10.6. The molecule has 2 fully saturated rings. The number of carbonyl (C=O) groups excluding carboxylic acids is 1. The summed E-state index contributed by atoms with van der Waals surface area (Å²) in [5, 5.41) is 18.8. The minimum atomic E-state index is -1.59. The number of hydrogen-bond donors (Lipinski definition) is 2. The van der Waals surface area contributed by atoms with Crippen LogP contribution in [-0.4, -0.2) is 34.4 Å². The Morgan fingerprint density at radius 1 is 1.50 bits per heavy atom. The van der Waals surface area contributed by atoms with Crippen molar-refractivity contribution in [3.05, 3.63) is 0 Å². The van der Waals surface area contributed by atoms with E-state index in [-0.39, 0.29) is 6.42 Å². The molecule has 1 heterocycles. The van der Waals surface area contributed by atoms with E-state index in [4.69, 9.17) is 4.74 Å². The predicted octanol–water partition coefficient (Wildman–Crippen LogP) is -0.245. The first-order valence-electron chi connectivity index (χ1n) is 3.90. The van der Waals surface area contributed by atoms with Gasteiger partial charge in [-0.15, -0.1) is 0 Å². The number of carbonyl (C=O) groups is 1. The third kappa shape index (κ3) is 1.05. The maximum absolute atomic E-state index is 10.6. The Bertz CT molecular complexity index is 216. The quantitative estimate of drug-likeness (QED) is 0.495. The Morgan fingerprint density at radius 3 is 3.00 bits per heavy atom. The average Bonchev–Trinajstić information content (AvgIpc) is 2.22. The molecule has 12 heavy (non-hydrogen) atoms. The van der Waals surface area contributed by atoms with Crippen molar-refractivity contribution in [1.82, 2.24) is 0 Å². The van der Waals surface area contributed by atoms with Gasteiger partial charge in [0.05, 0.1) is 6.10 Å². The van der Waals surface area contributed by atoms with Gasteiger partial charge in [0.15, 0.2) is 6.10 Å². The Kier molecular flexibility index (Phi) is 1.52. The Balaban J connectivity index is 2.16. The van der Waals surface area contributed by atoms with E-state index < -0.39 is 24.2 Å². The first-order chi connectivity index (χ1) is 5.60. The number of ether oxygens (including phenoxy) is 2. The molecule has 0 aromatic carbocycles. The number of rotatable bonds is 0. The van der Waals surface area contributed by atoms with Crippen molar-refractivity contribution in [1.29, 1.82) is 0 Å². The third-order valence-electron chi connectivity index (χ3n) is 2.29. The van der Waals surface area contributed by atoms with Crippen molar-refractivity contribution in [2.45, 2.75) is 37.3 Å². The molecule has 0 aromatic rings. The second-order valence-electron chi connectivity index (χ2n) is 3.24. The van der Waals surface area contributed by atoms with Crippen molar-refractivity contribution in [2.75, 3.05) is 0 Å². The first kappa shape index (κ1) is 7.82. The van der Waals surface area contributed by atoms with Gasteiger partial charge in [-0.1, -0.05) is 0 Å². The summed E-state index contributed by atoms with van der Waals surface area (Å²) < 4.78 is 9.25. The standard InChI is InChI=1S/C7H10O5/c8-4-1-2-5-7(10,3-4)12-6(9)11-5/h4-5,8,10H,1-3H2. The summed E-state index contributed by atoms with van der Waals surface area (Å²) in [6.45, 7) is 0. The summed E-state index contributed by atoms with van der Waals surface area (Å²) >= 11 is 0. The molecule has 1 aliphatic heterocycles. The van der Waals surface area contributed by atoms with Gasteiger partial charge in [-0.2, -0.15) is 0 Å². The molecule has 1 aliphatic carbocycles. The van der Waals surface area contributed by atoms with E-state index in [1.165, 1.54) is 0 Å². The van der Waals surface area contributed by atoms with Crippen molar-refractivity contribution >= 4 is 6.16 Å². The lowest BCUT2D eigenvalue weighted by Crippen LogP contribution is -2.46. The smallest absolute Gasteiger partial charge is 0.424 e. The molecule has 0 radical (unpaired) electrons. The van der Waals surface area contributed by atoms with Gasteiger partial charge in [0.1, 0.15) is 0 Å². The van der Waals surface area contributed by atoms with Crippen LogP contribution in [0.15, 0.2) is 0 Å². The number of hydrogen-bond acceptors (Lipinski definition) is 5. The minimum Gasteiger partial charge on any atom is -0.424 e. The van der Waals surface area contributed by atoms with Crippen LogP contribution in [0.4, 0.5) is 4.79 Å². The molecule has 0 amide bonds. The van der Waals surface area contributed by atoms with Crippen LogP contribution in [0, 0.1) is 0 Å². The van der Waals surface area contributed by atoms with Gasteiger partial charge < -0.3 is 19.7 Å². The van der Waals surface area contributed by atoms with Crippen LogP contribution in [0.5, 0.6) is 0 Å². The van der Waals surface area contributed by atoms with Crippen LogP contribution < -0.4 is 0 Å². The van der Waals surface area contributed by atoms with Gasteiger partial charge in [0, 0.05) is 6.42 Å². The molecule has 2 N–H and O–H groups in total. The zero-order valence-corrected chi connectivity index (χ0v) is 6.40. The molecule has 68 valence electrons. The average molecular weight is 174 g/mol. The molecular weight excluding hydrogens is 164 g/mol. The molecule has 3 unspecified atom stereocenters. The maximum Gasteiger partial charge on any atom is 0.511 e. The van der Waals surface area contributed by atoms with E-state index >= 15 is 0 Å². The third-order valence-corrected chi connectivity index (χ3v) is 2.29. The second-order valence-corrected chi connectivity index (χ2v) is 3.24. The van der Waals surface area contributed by atoms with Crippen molar-refractivity contribution < 1.29 is 24.5 Å². The molecular formula is C7H10O5. The summed E-state index contributed by atoms with van der Waals surface area (Å²) in [5.41, 5.74) is 0. The van der Waals surface area contributed by atoms with Gasteiger partial charge >= 0.3 is 6.16 Å².